The summed E-state index contributed by atoms with van der Waals surface area (Å²) in [5.74, 6) is -0.326. The second-order valence-electron chi connectivity index (χ2n) is 14.4. The molecule has 6 heterocycles. The normalized spacial score (nSPS) is 22.4. The van der Waals surface area contributed by atoms with E-state index in [2.05, 4.69) is 60.4 Å². The molecule has 0 saturated carbocycles. The Morgan fingerprint density at radius 2 is 1.72 bits per heavy atom. The molecule has 2 aromatic heterocycles. The first-order valence-corrected chi connectivity index (χ1v) is 19.1. The molecule has 2 N–H and O–H groups in total. The van der Waals surface area contributed by atoms with Crippen molar-refractivity contribution in [2.75, 3.05) is 69.7 Å². The van der Waals surface area contributed by atoms with Gasteiger partial charge in [-0.25, -0.2) is 4.98 Å². The molecule has 0 bridgehead atoms. The molecule has 2 aromatic carbocycles. The number of imide groups is 2. The number of rotatable bonds is 9. The van der Waals surface area contributed by atoms with Crippen molar-refractivity contribution in [2.45, 2.75) is 37.3 Å². The van der Waals surface area contributed by atoms with Crippen LogP contribution in [-0.4, -0.2) is 119 Å². The number of nitrogens with one attached hydrogen (secondary N) is 2. The van der Waals surface area contributed by atoms with Crippen LogP contribution in [0.1, 0.15) is 51.5 Å². The summed E-state index contributed by atoms with van der Waals surface area (Å²) in [4.78, 5) is 76.4. The highest BCUT2D eigenvalue weighted by Gasteiger charge is 2.46. The molecule has 0 radical (unpaired) electrons. The average molecular weight is 798 g/mol. The van der Waals surface area contributed by atoms with Crippen LogP contribution in [0.3, 0.4) is 0 Å². The minimum absolute atomic E-state index is 0.0841. The molecule has 3 fully saturated rings. The lowest BCUT2D eigenvalue weighted by molar-refractivity contribution is -0.136. The number of benzene rings is 2. The van der Waals surface area contributed by atoms with Crippen molar-refractivity contribution >= 4 is 56.7 Å². The molecule has 0 spiro atoms. The molecule has 1 unspecified atom stereocenters. The zero-order chi connectivity index (χ0) is 37.5. The van der Waals surface area contributed by atoms with E-state index in [1.807, 2.05) is 36.4 Å². The number of anilines is 2. The third-order valence-electron chi connectivity index (χ3n) is 10.8. The van der Waals surface area contributed by atoms with E-state index in [9.17, 15) is 24.0 Å². The Kier molecular flexibility index (Phi) is 9.94. The monoisotopic (exact) mass is 796 g/mol. The highest BCUT2D eigenvalue weighted by atomic mass is 79.9. The van der Waals surface area contributed by atoms with Gasteiger partial charge in [-0.15, -0.1) is 0 Å². The summed E-state index contributed by atoms with van der Waals surface area (Å²) in [6.07, 6.45) is 2.82. The third-order valence-corrected chi connectivity index (χ3v) is 11.6. The fourth-order valence-electron chi connectivity index (χ4n) is 8.12. The number of likely N-dealkylation sites (N-methyl/N-ethyl adjacent to an activating group) is 1. The van der Waals surface area contributed by atoms with E-state index in [4.69, 9.17) is 9.72 Å². The number of piperazine rings is 1. The SMILES string of the molecule is CN1C[C@H](Nc2nc3ccccn3c(=O)c2Br)C[C@H](c2ccc(OCCN3CCN(c4cccc5c4C(=O)N(C4CCC(=O)NC4=O)C5=O)CC3)cc2)C1. The number of fused-ring (bicyclic) bond motifs is 2. The second-order valence-corrected chi connectivity index (χ2v) is 15.2. The number of amides is 4. The molecular weight excluding hydrogens is 756 g/mol. The summed E-state index contributed by atoms with van der Waals surface area (Å²) in [5, 5.41) is 5.78. The molecule has 3 saturated heterocycles. The van der Waals surface area contributed by atoms with Crippen LogP contribution in [0.5, 0.6) is 5.75 Å². The van der Waals surface area contributed by atoms with E-state index in [0.29, 0.717) is 58.4 Å². The van der Waals surface area contributed by atoms with Gasteiger partial charge in [-0.3, -0.25) is 43.5 Å². The van der Waals surface area contributed by atoms with E-state index in [1.54, 1.807) is 18.3 Å². The number of nitrogens with zero attached hydrogens (tertiary/aromatic N) is 6. The number of likely N-dealkylation sites (tertiary alicyclic amines) is 1. The number of pyridine rings is 1. The first-order valence-electron chi connectivity index (χ1n) is 18.3. The van der Waals surface area contributed by atoms with Gasteiger partial charge in [0.25, 0.3) is 17.4 Å². The first kappa shape index (κ1) is 35.9. The van der Waals surface area contributed by atoms with E-state index in [-0.39, 0.29) is 24.4 Å². The average Bonchev–Trinajstić information content (AvgIpc) is 3.43. The van der Waals surface area contributed by atoms with Crippen molar-refractivity contribution < 1.29 is 23.9 Å². The maximum atomic E-state index is 13.6. The number of halogens is 1. The van der Waals surface area contributed by atoms with Crippen LogP contribution in [0.15, 0.2) is 76.1 Å². The van der Waals surface area contributed by atoms with Gasteiger partial charge in [-0.2, -0.15) is 0 Å². The van der Waals surface area contributed by atoms with E-state index in [1.165, 1.54) is 9.96 Å². The Labute approximate surface area is 320 Å². The Balaban J connectivity index is 0.830. The van der Waals surface area contributed by atoms with Crippen molar-refractivity contribution in [3.63, 3.8) is 0 Å². The molecule has 4 aromatic rings. The van der Waals surface area contributed by atoms with Crippen molar-refractivity contribution in [3.05, 3.63) is 98.4 Å². The molecule has 54 heavy (non-hydrogen) atoms. The molecule has 4 amide bonds. The number of aromatic nitrogens is 2. The van der Waals surface area contributed by atoms with Gasteiger partial charge in [0.05, 0.1) is 16.8 Å². The second kappa shape index (κ2) is 15.0. The Hall–Kier alpha value is -5.12. The Morgan fingerprint density at radius 1 is 0.926 bits per heavy atom. The summed E-state index contributed by atoms with van der Waals surface area (Å²) in [6.45, 7) is 5.89. The lowest BCUT2D eigenvalue weighted by Gasteiger charge is -2.37. The lowest BCUT2D eigenvalue weighted by atomic mass is 9.88. The van der Waals surface area contributed by atoms with Crippen LogP contribution in [0.4, 0.5) is 11.5 Å². The van der Waals surface area contributed by atoms with E-state index >= 15 is 0 Å². The molecule has 3 atom stereocenters. The summed E-state index contributed by atoms with van der Waals surface area (Å²) >= 11 is 3.47. The largest absolute Gasteiger partial charge is 0.492 e. The summed E-state index contributed by atoms with van der Waals surface area (Å²) in [7, 11) is 2.11. The van der Waals surface area contributed by atoms with Crippen molar-refractivity contribution in [3.8, 4) is 5.75 Å². The molecule has 280 valence electrons. The Bertz CT molecular complexity index is 2190. The van der Waals surface area contributed by atoms with Crippen molar-refractivity contribution in [1.29, 1.82) is 0 Å². The highest BCUT2D eigenvalue weighted by Crippen LogP contribution is 2.35. The van der Waals surface area contributed by atoms with Crippen molar-refractivity contribution in [1.82, 2.24) is 29.4 Å². The van der Waals surface area contributed by atoms with Crippen LogP contribution < -0.4 is 25.8 Å². The number of piperidine rings is 2. The minimum Gasteiger partial charge on any atom is -0.492 e. The fourth-order valence-corrected chi connectivity index (χ4v) is 8.52. The highest BCUT2D eigenvalue weighted by molar-refractivity contribution is 9.10. The van der Waals surface area contributed by atoms with Crippen LogP contribution in [0.25, 0.3) is 5.65 Å². The topological polar surface area (TPSA) is 149 Å². The molecule has 0 aliphatic carbocycles. The third kappa shape index (κ3) is 6.98. The van der Waals surface area contributed by atoms with Crippen LogP contribution in [-0.2, 0) is 9.59 Å². The summed E-state index contributed by atoms with van der Waals surface area (Å²) in [6, 6.07) is 18.2. The Morgan fingerprint density at radius 3 is 2.50 bits per heavy atom. The number of carbonyl (C=O) groups excluding carboxylic acids is 4. The van der Waals surface area contributed by atoms with Gasteiger partial charge in [0.1, 0.15) is 34.3 Å². The van der Waals surface area contributed by atoms with Gasteiger partial charge >= 0.3 is 0 Å². The molecule has 4 aliphatic rings. The van der Waals surface area contributed by atoms with Crippen LogP contribution >= 0.6 is 15.9 Å². The number of ether oxygens (including phenoxy) is 1. The quantitative estimate of drug-likeness (QED) is 0.241. The van der Waals surface area contributed by atoms with Crippen molar-refractivity contribution in [2.24, 2.45) is 0 Å². The maximum Gasteiger partial charge on any atom is 0.274 e. The lowest BCUT2D eigenvalue weighted by Crippen LogP contribution is -2.54. The summed E-state index contributed by atoms with van der Waals surface area (Å²) < 4.78 is 8.10. The van der Waals surface area contributed by atoms with Gasteiger partial charge in [0.2, 0.25) is 11.8 Å². The van der Waals surface area contributed by atoms with E-state index < -0.39 is 29.7 Å². The summed E-state index contributed by atoms with van der Waals surface area (Å²) in [5.41, 5.74) is 2.99. The number of hydrogen-bond acceptors (Lipinski definition) is 11. The van der Waals surface area contributed by atoms with Crippen LogP contribution in [0, 0.1) is 0 Å². The van der Waals surface area contributed by atoms with Gasteiger partial charge < -0.3 is 19.9 Å². The minimum atomic E-state index is -0.990. The molecule has 15 heteroatoms. The zero-order valence-corrected chi connectivity index (χ0v) is 31.5. The van der Waals surface area contributed by atoms with Gasteiger partial charge in [0, 0.05) is 64.5 Å². The van der Waals surface area contributed by atoms with Gasteiger partial charge in [0.15, 0.2) is 0 Å². The molecular formula is C39H41BrN8O6. The predicted molar refractivity (Wildman–Crippen MR) is 205 cm³/mol. The zero-order valence-electron chi connectivity index (χ0n) is 29.9. The number of hydrogen-bond donors (Lipinski definition) is 2. The molecule has 14 nitrogen and oxygen atoms in total. The van der Waals surface area contributed by atoms with Crippen LogP contribution in [0.2, 0.25) is 0 Å². The maximum absolute atomic E-state index is 13.6. The first-order chi connectivity index (χ1) is 26.1. The molecule has 4 aliphatic heterocycles. The standard InChI is InChI=1S/C39H41BrN8O6/c1-44-22-25(21-26(23-44)41-35-34(40)39(53)47-14-3-2-7-31(47)42-35)24-8-10-27(11-9-24)54-20-19-45-15-17-46(18-16-45)29-6-4-5-28-33(29)38(52)48(37(28)51)30-12-13-32(49)43-36(30)50/h2-11,14,25-26,30,41H,12-13,15-23H2,1H3,(H,43,49,50)/t25-,26+,30?/m0/s1. The van der Waals surface area contributed by atoms with Gasteiger partial charge in [-0.1, -0.05) is 24.3 Å². The smallest absolute Gasteiger partial charge is 0.274 e. The fraction of sp³-hybridized carbons (Fsp3) is 0.385. The number of carbonyl (C=O) groups is 4. The molecule has 8 rings (SSSR count). The predicted octanol–water partition coefficient (Wildman–Crippen LogP) is 2.96. The van der Waals surface area contributed by atoms with E-state index in [0.717, 1.165) is 49.8 Å². The van der Waals surface area contributed by atoms with Gasteiger partial charge in [-0.05, 0) is 83.7 Å².